The first-order valence-corrected chi connectivity index (χ1v) is 6.45. The Labute approximate surface area is 145 Å². The molecule has 0 aromatic heterocycles. The maximum absolute atomic E-state index is 5.60. The van der Waals surface area contributed by atoms with E-state index in [-0.39, 0.29) is 51.4 Å². The van der Waals surface area contributed by atoms with Crippen LogP contribution in [0.2, 0.25) is 0 Å². The third-order valence-corrected chi connectivity index (χ3v) is 4.81. The number of thiocarbonyl (C=S) groups is 1. The van der Waals surface area contributed by atoms with Crippen molar-refractivity contribution in [1.82, 2.24) is 0 Å². The summed E-state index contributed by atoms with van der Waals surface area (Å²) in [7, 11) is 0. The second kappa shape index (κ2) is 5.17. The predicted octanol–water partition coefficient (Wildman–Crippen LogP) is -0.336. The first kappa shape index (κ1) is 13.2. The topological polar surface area (TPSA) is 9.23 Å². The van der Waals surface area contributed by atoms with Gasteiger partial charge in [0.15, 0.2) is 0 Å². The minimum atomic E-state index is 0. The zero-order valence-electron chi connectivity index (χ0n) is 9.15. The van der Waals surface area contributed by atoms with E-state index in [4.69, 9.17) is 29.6 Å². The van der Waals surface area contributed by atoms with Gasteiger partial charge in [0.25, 0.3) is 0 Å². The van der Waals surface area contributed by atoms with E-state index in [1.807, 2.05) is 0 Å². The Bertz CT molecular complexity index is 271. The molecule has 2 bridgehead atoms. The molecule has 0 radical (unpaired) electrons. The van der Waals surface area contributed by atoms with Crippen LogP contribution in [0.5, 0.6) is 0 Å². The second-order valence-corrected chi connectivity index (χ2v) is 6.06. The van der Waals surface area contributed by atoms with E-state index < -0.39 is 0 Å². The van der Waals surface area contributed by atoms with Gasteiger partial charge in [-0.3, -0.25) is 0 Å². The molecule has 0 unspecified atom stereocenters. The summed E-state index contributed by atoms with van der Waals surface area (Å²) in [6, 6.07) is 0. The van der Waals surface area contributed by atoms with Gasteiger partial charge in [-0.1, -0.05) is 6.42 Å². The van der Waals surface area contributed by atoms with E-state index in [2.05, 4.69) is 0 Å². The molecule has 5 atom stereocenters. The molecule has 3 fully saturated rings. The first-order valence-electron chi connectivity index (χ1n) is 5.63. The standard InChI is InChI=1S/C11H16OS2.K/c13-11(14)12-10-5-6-4-9(10)8-3-1-2-7(6)8;/h6-10H,1-5H2,(H,13,14);/q;+1/p-1/t6-,7-,8+,9+,10-;/m1./s1. The van der Waals surface area contributed by atoms with E-state index in [9.17, 15) is 0 Å². The molecule has 3 aliphatic carbocycles. The minimum absolute atomic E-state index is 0. The van der Waals surface area contributed by atoms with Crippen molar-refractivity contribution in [3.63, 3.8) is 0 Å². The Morgan fingerprint density at radius 1 is 1.13 bits per heavy atom. The average Bonchev–Trinajstić information content (AvgIpc) is 2.68. The summed E-state index contributed by atoms with van der Waals surface area (Å²) >= 11 is 9.72. The average molecular weight is 266 g/mol. The maximum atomic E-state index is 5.60. The van der Waals surface area contributed by atoms with Gasteiger partial charge < -0.3 is 29.6 Å². The van der Waals surface area contributed by atoms with Crippen LogP contribution in [0.15, 0.2) is 0 Å². The Balaban J connectivity index is 0.000000853. The first-order chi connectivity index (χ1) is 6.75. The summed E-state index contributed by atoms with van der Waals surface area (Å²) in [5.74, 6) is 3.69. The number of hydrogen-bond donors (Lipinski definition) is 0. The van der Waals surface area contributed by atoms with Crippen LogP contribution >= 0.6 is 12.2 Å². The predicted molar refractivity (Wildman–Crippen MR) is 61.9 cm³/mol. The summed E-state index contributed by atoms with van der Waals surface area (Å²) in [6.45, 7) is 0. The van der Waals surface area contributed by atoms with Crippen LogP contribution in [0.25, 0.3) is 0 Å². The van der Waals surface area contributed by atoms with Crippen LogP contribution < -0.4 is 51.4 Å². The van der Waals surface area contributed by atoms with Crippen LogP contribution in [-0.2, 0) is 17.4 Å². The SMILES string of the molecule is S=C([S-])O[C@@H]1C[C@H]2C[C@H]1[C@H]1CCC[C@H]21.[K+]. The van der Waals surface area contributed by atoms with Crippen LogP contribution in [0, 0.1) is 23.7 Å². The molecule has 78 valence electrons. The largest absolute Gasteiger partial charge is 1.00 e. The fourth-order valence-electron chi connectivity index (χ4n) is 4.26. The van der Waals surface area contributed by atoms with Gasteiger partial charge in [-0.15, -0.1) is 0 Å². The molecule has 0 spiro atoms. The molecule has 0 saturated heterocycles. The molecular formula is C11H15KOS2. The maximum Gasteiger partial charge on any atom is 1.00 e. The van der Waals surface area contributed by atoms with Crippen molar-refractivity contribution >= 4 is 29.2 Å². The monoisotopic (exact) mass is 266 g/mol. The second-order valence-electron chi connectivity index (χ2n) is 5.06. The minimum Gasteiger partial charge on any atom is -0.510 e. The fraction of sp³-hybridized carbons (Fsp3) is 0.909. The number of fused-ring (bicyclic) bond motifs is 5. The molecule has 1 nitrogen and oxygen atoms in total. The molecule has 0 aromatic rings. The van der Waals surface area contributed by atoms with Crippen LogP contribution in [0.3, 0.4) is 0 Å². The molecule has 0 N–H and O–H groups in total. The Morgan fingerprint density at radius 2 is 1.87 bits per heavy atom. The van der Waals surface area contributed by atoms with Gasteiger partial charge in [0.2, 0.25) is 0 Å². The van der Waals surface area contributed by atoms with Crippen molar-refractivity contribution in [1.29, 1.82) is 0 Å². The van der Waals surface area contributed by atoms with E-state index in [0.29, 0.717) is 10.5 Å². The molecule has 0 aliphatic heterocycles. The molecule has 0 heterocycles. The van der Waals surface area contributed by atoms with Crippen molar-refractivity contribution < 1.29 is 56.1 Å². The van der Waals surface area contributed by atoms with Gasteiger partial charge >= 0.3 is 51.4 Å². The van der Waals surface area contributed by atoms with Gasteiger partial charge in [0.05, 0.1) is 6.10 Å². The van der Waals surface area contributed by atoms with Crippen molar-refractivity contribution in [3.05, 3.63) is 0 Å². The molecule has 0 amide bonds. The van der Waals surface area contributed by atoms with E-state index in [1.54, 1.807) is 0 Å². The Hall–Kier alpha value is 1.75. The fourth-order valence-corrected chi connectivity index (χ4v) is 4.51. The molecule has 3 aliphatic rings. The summed E-state index contributed by atoms with van der Waals surface area (Å²) in [5.41, 5.74) is 0. The number of hydrogen-bond acceptors (Lipinski definition) is 3. The summed E-state index contributed by atoms with van der Waals surface area (Å²) < 4.78 is 5.93. The normalized spacial score (nSPS) is 46.0. The molecule has 15 heavy (non-hydrogen) atoms. The van der Waals surface area contributed by atoms with Crippen LogP contribution in [0.4, 0.5) is 0 Å². The van der Waals surface area contributed by atoms with Crippen molar-refractivity contribution in [2.24, 2.45) is 23.7 Å². The van der Waals surface area contributed by atoms with Crippen molar-refractivity contribution in [2.45, 2.75) is 38.2 Å². The third kappa shape index (κ3) is 2.33. The summed E-state index contributed by atoms with van der Waals surface area (Å²) in [4.78, 5) is 0. The quantitative estimate of drug-likeness (QED) is 0.365. The third-order valence-electron chi connectivity index (χ3n) is 4.62. The van der Waals surface area contributed by atoms with Gasteiger partial charge in [0, 0.05) is 4.38 Å². The van der Waals surface area contributed by atoms with Gasteiger partial charge in [-0.2, -0.15) is 0 Å². The van der Waals surface area contributed by atoms with E-state index in [1.165, 1.54) is 32.1 Å². The van der Waals surface area contributed by atoms with Gasteiger partial charge in [-0.25, -0.2) is 0 Å². The van der Waals surface area contributed by atoms with Crippen LogP contribution in [-0.4, -0.2) is 10.5 Å². The molecular weight excluding hydrogens is 251 g/mol. The number of rotatable bonds is 1. The van der Waals surface area contributed by atoms with Crippen LogP contribution in [0.1, 0.15) is 32.1 Å². The van der Waals surface area contributed by atoms with E-state index in [0.717, 1.165) is 23.7 Å². The Kier molecular flexibility index (Phi) is 4.54. The smallest absolute Gasteiger partial charge is 0.510 e. The summed E-state index contributed by atoms with van der Waals surface area (Å²) in [5, 5.41) is 0. The number of ether oxygens (including phenoxy) is 1. The van der Waals surface area contributed by atoms with Gasteiger partial charge in [-0.05, 0) is 49.4 Å². The molecule has 3 saturated carbocycles. The summed E-state index contributed by atoms with van der Waals surface area (Å²) in [6.07, 6.45) is 7.32. The van der Waals surface area contributed by atoms with Crippen molar-refractivity contribution in [3.8, 4) is 0 Å². The Morgan fingerprint density at radius 3 is 2.60 bits per heavy atom. The zero-order chi connectivity index (χ0) is 9.71. The molecule has 4 heteroatoms. The zero-order valence-corrected chi connectivity index (χ0v) is 13.9. The van der Waals surface area contributed by atoms with E-state index >= 15 is 0 Å². The molecule has 3 rings (SSSR count). The van der Waals surface area contributed by atoms with Gasteiger partial charge in [0.1, 0.15) is 0 Å². The molecule has 0 aromatic carbocycles. The van der Waals surface area contributed by atoms with Crippen molar-refractivity contribution in [2.75, 3.05) is 0 Å².